The van der Waals surface area contributed by atoms with Crippen LogP contribution in [0.1, 0.15) is 25.8 Å². The summed E-state index contributed by atoms with van der Waals surface area (Å²) in [4.78, 5) is 0.169. The van der Waals surface area contributed by atoms with E-state index in [4.69, 9.17) is 11.0 Å². The summed E-state index contributed by atoms with van der Waals surface area (Å²) in [6.45, 7) is 5.57. The predicted molar refractivity (Wildman–Crippen MR) is 74.8 cm³/mol. The fourth-order valence-corrected chi connectivity index (χ4v) is 3.40. The Bertz CT molecular complexity index is 588. The van der Waals surface area contributed by atoms with E-state index in [0.29, 0.717) is 5.69 Å². The molecule has 5 nitrogen and oxygen atoms in total. The molecule has 0 saturated heterocycles. The maximum Gasteiger partial charge on any atom is 0.243 e. The first kappa shape index (κ1) is 15.5. The number of nitrogen functional groups attached to an aromatic ring is 1. The Labute approximate surface area is 114 Å². The van der Waals surface area contributed by atoms with Crippen molar-refractivity contribution in [1.82, 2.24) is 4.31 Å². The van der Waals surface area contributed by atoms with Crippen LogP contribution in [-0.4, -0.2) is 25.3 Å². The van der Waals surface area contributed by atoms with E-state index in [-0.39, 0.29) is 23.9 Å². The first-order chi connectivity index (χ1) is 8.80. The lowest BCUT2D eigenvalue weighted by Crippen LogP contribution is -2.37. The van der Waals surface area contributed by atoms with Crippen molar-refractivity contribution in [3.63, 3.8) is 0 Å². The van der Waals surface area contributed by atoms with E-state index in [2.05, 4.69) is 0 Å². The van der Waals surface area contributed by atoms with Crippen molar-refractivity contribution in [2.75, 3.05) is 12.3 Å². The van der Waals surface area contributed by atoms with E-state index in [1.165, 1.54) is 10.4 Å². The van der Waals surface area contributed by atoms with Gasteiger partial charge in [0.05, 0.1) is 11.0 Å². The summed E-state index contributed by atoms with van der Waals surface area (Å²) in [5.74, 6) is 0. The Kier molecular flexibility index (Phi) is 4.92. The Morgan fingerprint density at radius 2 is 2.05 bits per heavy atom. The topological polar surface area (TPSA) is 87.2 Å². The zero-order valence-electron chi connectivity index (χ0n) is 11.4. The second kappa shape index (κ2) is 6.04. The average molecular weight is 281 g/mol. The van der Waals surface area contributed by atoms with E-state index < -0.39 is 10.0 Å². The summed E-state index contributed by atoms with van der Waals surface area (Å²) in [5.41, 5.74) is 7.05. The van der Waals surface area contributed by atoms with Crippen molar-refractivity contribution in [3.8, 4) is 6.07 Å². The van der Waals surface area contributed by atoms with Gasteiger partial charge in [-0.15, -0.1) is 0 Å². The Morgan fingerprint density at radius 1 is 1.42 bits per heavy atom. The molecule has 0 atom stereocenters. The molecule has 0 amide bonds. The molecule has 2 N–H and O–H groups in total. The van der Waals surface area contributed by atoms with Crippen LogP contribution in [0.4, 0.5) is 5.69 Å². The summed E-state index contributed by atoms with van der Waals surface area (Å²) >= 11 is 0. The number of anilines is 1. The maximum atomic E-state index is 12.5. The number of nitrogens with zero attached hydrogens (tertiary/aromatic N) is 2. The lowest BCUT2D eigenvalue weighted by Gasteiger charge is -2.25. The van der Waals surface area contributed by atoms with Crippen molar-refractivity contribution >= 4 is 15.7 Å². The van der Waals surface area contributed by atoms with Crippen LogP contribution >= 0.6 is 0 Å². The number of hydrogen-bond donors (Lipinski definition) is 1. The molecule has 0 radical (unpaired) electrons. The zero-order chi connectivity index (χ0) is 14.6. The van der Waals surface area contributed by atoms with Crippen LogP contribution in [-0.2, 0) is 10.0 Å². The smallest absolute Gasteiger partial charge is 0.243 e. The minimum atomic E-state index is -3.61. The van der Waals surface area contributed by atoms with Gasteiger partial charge >= 0.3 is 0 Å². The van der Waals surface area contributed by atoms with Gasteiger partial charge in [-0.3, -0.25) is 0 Å². The highest BCUT2D eigenvalue weighted by molar-refractivity contribution is 7.89. The summed E-state index contributed by atoms with van der Waals surface area (Å²) in [5, 5.41) is 8.62. The zero-order valence-corrected chi connectivity index (χ0v) is 12.2. The number of hydrogen-bond acceptors (Lipinski definition) is 4. The number of sulfonamides is 1. The second-order valence-electron chi connectivity index (χ2n) is 4.64. The first-order valence-electron chi connectivity index (χ1n) is 6.05. The standard InChI is InChI=1S/C13H19N3O2S/c1-10(2)16(8-4-7-14)19(17,18)12-6-5-11(3)13(15)9-12/h5-6,9-10H,4,8,15H2,1-3H3. The summed E-state index contributed by atoms with van der Waals surface area (Å²) in [6, 6.07) is 6.45. The van der Waals surface area contributed by atoms with Gasteiger partial charge in [0.1, 0.15) is 0 Å². The fourth-order valence-electron chi connectivity index (χ4n) is 1.73. The normalized spacial score (nSPS) is 11.8. The maximum absolute atomic E-state index is 12.5. The molecule has 0 saturated carbocycles. The molecule has 0 fully saturated rings. The minimum absolute atomic E-state index is 0.165. The van der Waals surface area contributed by atoms with E-state index in [9.17, 15) is 8.42 Å². The van der Waals surface area contributed by atoms with E-state index >= 15 is 0 Å². The van der Waals surface area contributed by atoms with Crippen molar-refractivity contribution in [3.05, 3.63) is 23.8 Å². The van der Waals surface area contributed by atoms with Crippen LogP contribution in [0.3, 0.4) is 0 Å². The molecule has 0 bridgehead atoms. The molecule has 0 aliphatic carbocycles. The van der Waals surface area contributed by atoms with Crippen molar-refractivity contribution < 1.29 is 8.42 Å². The van der Waals surface area contributed by atoms with Gasteiger partial charge in [0.25, 0.3) is 0 Å². The number of rotatable bonds is 5. The highest BCUT2D eigenvalue weighted by atomic mass is 32.2. The molecule has 0 aromatic heterocycles. The van der Waals surface area contributed by atoms with Gasteiger partial charge in [0.2, 0.25) is 10.0 Å². The number of benzene rings is 1. The fraction of sp³-hybridized carbons (Fsp3) is 0.462. The lowest BCUT2D eigenvalue weighted by molar-refractivity contribution is 0.360. The molecular weight excluding hydrogens is 262 g/mol. The van der Waals surface area contributed by atoms with Gasteiger partial charge in [0.15, 0.2) is 0 Å². The molecule has 0 heterocycles. The van der Waals surface area contributed by atoms with Crippen LogP contribution in [0.2, 0.25) is 0 Å². The van der Waals surface area contributed by atoms with Gasteiger partial charge in [-0.2, -0.15) is 9.57 Å². The molecule has 0 spiro atoms. The van der Waals surface area contributed by atoms with Crippen LogP contribution in [0.5, 0.6) is 0 Å². The summed E-state index contributed by atoms with van der Waals surface area (Å²) in [6.07, 6.45) is 0.165. The molecule has 0 aliphatic heterocycles. The van der Waals surface area contributed by atoms with Crippen LogP contribution in [0.15, 0.2) is 23.1 Å². The van der Waals surface area contributed by atoms with Gasteiger partial charge in [-0.25, -0.2) is 8.42 Å². The van der Waals surface area contributed by atoms with Gasteiger partial charge < -0.3 is 5.73 Å². The molecule has 0 aliphatic rings. The molecule has 104 valence electrons. The number of nitriles is 1. The van der Waals surface area contributed by atoms with E-state index in [1.807, 2.05) is 13.0 Å². The third-order valence-corrected chi connectivity index (χ3v) is 4.95. The number of aryl methyl sites for hydroxylation is 1. The molecule has 19 heavy (non-hydrogen) atoms. The molecule has 1 rings (SSSR count). The van der Waals surface area contributed by atoms with Crippen molar-refractivity contribution in [1.29, 1.82) is 5.26 Å². The van der Waals surface area contributed by atoms with E-state index in [0.717, 1.165) is 5.56 Å². The summed E-state index contributed by atoms with van der Waals surface area (Å²) in [7, 11) is -3.61. The minimum Gasteiger partial charge on any atom is -0.398 e. The lowest BCUT2D eigenvalue weighted by atomic mass is 10.2. The monoisotopic (exact) mass is 281 g/mol. The predicted octanol–water partition coefficient (Wildman–Crippen LogP) is 1.89. The van der Waals surface area contributed by atoms with Gasteiger partial charge in [0, 0.05) is 24.7 Å². The van der Waals surface area contributed by atoms with E-state index in [1.54, 1.807) is 26.0 Å². The third kappa shape index (κ3) is 3.46. The molecule has 6 heteroatoms. The highest BCUT2D eigenvalue weighted by Crippen LogP contribution is 2.22. The highest BCUT2D eigenvalue weighted by Gasteiger charge is 2.26. The molecular formula is C13H19N3O2S. The summed E-state index contributed by atoms with van der Waals surface area (Å²) < 4.78 is 26.3. The first-order valence-corrected chi connectivity index (χ1v) is 7.49. The quantitative estimate of drug-likeness (QED) is 0.835. The van der Waals surface area contributed by atoms with Gasteiger partial charge in [-0.1, -0.05) is 6.07 Å². The van der Waals surface area contributed by atoms with Gasteiger partial charge in [-0.05, 0) is 38.5 Å². The molecule has 0 unspecified atom stereocenters. The van der Waals surface area contributed by atoms with Crippen LogP contribution in [0, 0.1) is 18.3 Å². The third-order valence-electron chi connectivity index (χ3n) is 2.88. The van der Waals surface area contributed by atoms with Crippen molar-refractivity contribution in [2.24, 2.45) is 0 Å². The van der Waals surface area contributed by atoms with Crippen LogP contribution in [0.25, 0.3) is 0 Å². The second-order valence-corrected chi connectivity index (χ2v) is 6.53. The Hall–Kier alpha value is -1.58. The van der Waals surface area contributed by atoms with Crippen LogP contribution < -0.4 is 5.73 Å². The largest absolute Gasteiger partial charge is 0.398 e. The Morgan fingerprint density at radius 3 is 2.53 bits per heavy atom. The molecule has 1 aromatic rings. The Balaban J connectivity index is 3.19. The molecule has 1 aromatic carbocycles. The number of nitrogens with two attached hydrogens (primary N) is 1. The SMILES string of the molecule is Cc1ccc(S(=O)(=O)N(CCC#N)C(C)C)cc1N. The van der Waals surface area contributed by atoms with Crippen molar-refractivity contribution in [2.45, 2.75) is 38.1 Å². The average Bonchev–Trinajstić information content (AvgIpc) is 2.32.